The minimum absolute atomic E-state index is 0.0849. The van der Waals surface area contributed by atoms with Crippen LogP contribution in [0.1, 0.15) is 21.6 Å². The predicted octanol–water partition coefficient (Wildman–Crippen LogP) is 2.17. The molecule has 0 unspecified atom stereocenters. The summed E-state index contributed by atoms with van der Waals surface area (Å²) >= 11 is 0. The Hall–Kier alpha value is -2.95. The van der Waals surface area contributed by atoms with Gasteiger partial charge in [0.25, 0.3) is 11.5 Å². The fraction of sp³-hybridized carbons (Fsp3) is 0.167. The summed E-state index contributed by atoms with van der Waals surface area (Å²) in [5, 5.41) is 2.75. The molecule has 1 N–H and O–H groups in total. The maximum atomic E-state index is 12.3. The lowest BCUT2D eigenvalue weighted by Gasteiger charge is -2.08. The molecule has 2 aromatic carbocycles. The number of carbonyl (C=O) groups excluding carboxylic acids is 1. The smallest absolute Gasteiger partial charge is 0.282 e. The standard InChI is InChI=1S/C18H17N3O2/c1-12-7-9-13(10-8-12)11-19-17(22)16-18(23)21(2)15-6-4-3-5-14(15)20-16/h3-10H,11H2,1-2H3,(H,19,22). The third-order valence-corrected chi connectivity index (χ3v) is 3.77. The lowest BCUT2D eigenvalue weighted by atomic mass is 10.1. The van der Waals surface area contributed by atoms with Gasteiger partial charge in [0, 0.05) is 13.6 Å². The van der Waals surface area contributed by atoms with E-state index < -0.39 is 11.5 Å². The maximum Gasteiger partial charge on any atom is 0.282 e. The van der Waals surface area contributed by atoms with Gasteiger partial charge in [0.15, 0.2) is 5.69 Å². The van der Waals surface area contributed by atoms with Crippen LogP contribution in [-0.4, -0.2) is 15.5 Å². The van der Waals surface area contributed by atoms with Gasteiger partial charge in [-0.3, -0.25) is 9.59 Å². The highest BCUT2D eigenvalue weighted by atomic mass is 16.2. The zero-order valence-corrected chi connectivity index (χ0v) is 13.0. The number of benzene rings is 2. The van der Waals surface area contributed by atoms with Crippen LogP contribution in [0.4, 0.5) is 0 Å². The summed E-state index contributed by atoms with van der Waals surface area (Å²) in [6.07, 6.45) is 0. The number of aryl methyl sites for hydroxylation is 2. The summed E-state index contributed by atoms with van der Waals surface area (Å²) in [6.45, 7) is 2.36. The van der Waals surface area contributed by atoms with E-state index in [0.29, 0.717) is 17.6 Å². The first-order valence-corrected chi connectivity index (χ1v) is 7.36. The van der Waals surface area contributed by atoms with Gasteiger partial charge in [-0.1, -0.05) is 42.0 Å². The molecule has 1 heterocycles. The predicted molar refractivity (Wildman–Crippen MR) is 89.3 cm³/mol. The number of nitrogens with one attached hydrogen (secondary N) is 1. The number of aromatic nitrogens is 2. The highest BCUT2D eigenvalue weighted by molar-refractivity contribution is 5.93. The molecule has 3 aromatic rings. The largest absolute Gasteiger partial charge is 0.346 e. The molecular formula is C18H17N3O2. The van der Waals surface area contributed by atoms with E-state index in [4.69, 9.17) is 0 Å². The van der Waals surface area contributed by atoms with E-state index in [1.54, 1.807) is 19.2 Å². The van der Waals surface area contributed by atoms with Gasteiger partial charge >= 0.3 is 0 Å². The summed E-state index contributed by atoms with van der Waals surface area (Å²) in [4.78, 5) is 28.9. The minimum atomic E-state index is -0.461. The lowest BCUT2D eigenvalue weighted by molar-refractivity contribution is 0.0944. The molecule has 23 heavy (non-hydrogen) atoms. The molecule has 0 spiro atoms. The molecule has 5 nitrogen and oxygen atoms in total. The molecule has 1 aromatic heterocycles. The van der Waals surface area contributed by atoms with E-state index in [9.17, 15) is 9.59 Å². The van der Waals surface area contributed by atoms with Crippen molar-refractivity contribution in [2.75, 3.05) is 0 Å². The third-order valence-electron chi connectivity index (χ3n) is 3.77. The van der Waals surface area contributed by atoms with Crippen LogP contribution in [0, 0.1) is 6.92 Å². The Morgan fingerprint density at radius 2 is 1.83 bits per heavy atom. The average molecular weight is 307 g/mol. The molecule has 0 atom stereocenters. The molecule has 0 bridgehead atoms. The number of nitrogens with zero attached hydrogens (tertiary/aromatic N) is 2. The average Bonchev–Trinajstić information content (AvgIpc) is 2.57. The molecule has 1 amide bonds. The zero-order chi connectivity index (χ0) is 16.4. The number of hydrogen-bond donors (Lipinski definition) is 1. The summed E-state index contributed by atoms with van der Waals surface area (Å²) in [5.74, 6) is -0.461. The van der Waals surface area contributed by atoms with E-state index in [-0.39, 0.29) is 5.69 Å². The van der Waals surface area contributed by atoms with Gasteiger partial charge in [-0.2, -0.15) is 0 Å². The van der Waals surface area contributed by atoms with Crippen molar-refractivity contribution in [2.24, 2.45) is 7.05 Å². The lowest BCUT2D eigenvalue weighted by Crippen LogP contribution is -2.33. The van der Waals surface area contributed by atoms with E-state index in [1.807, 2.05) is 43.3 Å². The number of hydrogen-bond acceptors (Lipinski definition) is 3. The van der Waals surface area contributed by atoms with Crippen molar-refractivity contribution in [3.05, 3.63) is 75.7 Å². The first kappa shape index (κ1) is 15.0. The maximum absolute atomic E-state index is 12.3. The Balaban J connectivity index is 1.87. The number of fused-ring (bicyclic) bond motifs is 1. The van der Waals surface area contributed by atoms with Crippen LogP contribution in [0.15, 0.2) is 53.3 Å². The fourth-order valence-corrected chi connectivity index (χ4v) is 2.40. The Morgan fingerprint density at radius 1 is 1.13 bits per heavy atom. The summed E-state index contributed by atoms with van der Waals surface area (Å²) in [5.41, 5.74) is 2.97. The molecule has 0 aliphatic heterocycles. The van der Waals surface area contributed by atoms with Crippen molar-refractivity contribution in [1.82, 2.24) is 14.9 Å². The van der Waals surface area contributed by atoms with Crippen LogP contribution < -0.4 is 10.9 Å². The number of amides is 1. The molecule has 0 radical (unpaired) electrons. The van der Waals surface area contributed by atoms with Gasteiger partial charge in [0.1, 0.15) is 0 Å². The molecule has 0 aliphatic rings. The van der Waals surface area contributed by atoms with Gasteiger partial charge in [-0.05, 0) is 24.6 Å². The van der Waals surface area contributed by atoms with Crippen LogP contribution in [0.3, 0.4) is 0 Å². The van der Waals surface area contributed by atoms with Gasteiger partial charge in [0.2, 0.25) is 0 Å². The van der Waals surface area contributed by atoms with Gasteiger partial charge in [-0.25, -0.2) is 4.98 Å². The summed E-state index contributed by atoms with van der Waals surface area (Å²) in [7, 11) is 1.64. The molecule has 0 aliphatic carbocycles. The van der Waals surface area contributed by atoms with Crippen molar-refractivity contribution >= 4 is 16.9 Å². The summed E-state index contributed by atoms with van der Waals surface area (Å²) < 4.78 is 1.45. The van der Waals surface area contributed by atoms with Crippen LogP contribution in [0.25, 0.3) is 11.0 Å². The van der Waals surface area contributed by atoms with Gasteiger partial charge < -0.3 is 9.88 Å². The highest BCUT2D eigenvalue weighted by Crippen LogP contribution is 2.09. The Kier molecular flexibility index (Phi) is 3.93. The molecule has 0 saturated heterocycles. The third kappa shape index (κ3) is 2.99. The molecule has 5 heteroatoms. The quantitative estimate of drug-likeness (QED) is 0.806. The number of rotatable bonds is 3. The Morgan fingerprint density at radius 3 is 2.57 bits per heavy atom. The van der Waals surface area contributed by atoms with Crippen LogP contribution in [-0.2, 0) is 13.6 Å². The Bertz CT molecular complexity index is 927. The summed E-state index contributed by atoms with van der Waals surface area (Å²) in [6, 6.07) is 15.1. The van der Waals surface area contributed by atoms with Crippen LogP contribution in [0.5, 0.6) is 0 Å². The van der Waals surface area contributed by atoms with Crippen molar-refractivity contribution in [1.29, 1.82) is 0 Å². The highest BCUT2D eigenvalue weighted by Gasteiger charge is 2.15. The Labute approximate surface area is 133 Å². The SMILES string of the molecule is Cc1ccc(CNC(=O)c2nc3ccccc3n(C)c2=O)cc1. The topological polar surface area (TPSA) is 64.0 Å². The van der Waals surface area contributed by atoms with Crippen molar-refractivity contribution in [3.8, 4) is 0 Å². The molecular weight excluding hydrogens is 290 g/mol. The van der Waals surface area contributed by atoms with Gasteiger partial charge in [-0.15, -0.1) is 0 Å². The van der Waals surface area contributed by atoms with E-state index in [1.165, 1.54) is 4.57 Å². The zero-order valence-electron chi connectivity index (χ0n) is 13.0. The second-order valence-corrected chi connectivity index (χ2v) is 5.48. The second kappa shape index (κ2) is 6.04. The van der Waals surface area contributed by atoms with Crippen LogP contribution >= 0.6 is 0 Å². The monoisotopic (exact) mass is 307 g/mol. The fourth-order valence-electron chi connectivity index (χ4n) is 2.40. The molecule has 3 rings (SSSR count). The van der Waals surface area contributed by atoms with Crippen molar-refractivity contribution in [3.63, 3.8) is 0 Å². The number of carbonyl (C=O) groups is 1. The first-order chi connectivity index (χ1) is 11.1. The molecule has 0 fully saturated rings. The van der Waals surface area contributed by atoms with Crippen molar-refractivity contribution in [2.45, 2.75) is 13.5 Å². The first-order valence-electron chi connectivity index (χ1n) is 7.36. The van der Waals surface area contributed by atoms with E-state index in [2.05, 4.69) is 10.3 Å². The van der Waals surface area contributed by atoms with Crippen molar-refractivity contribution < 1.29 is 4.79 Å². The normalized spacial score (nSPS) is 10.7. The second-order valence-electron chi connectivity index (χ2n) is 5.48. The molecule has 116 valence electrons. The minimum Gasteiger partial charge on any atom is -0.346 e. The van der Waals surface area contributed by atoms with E-state index in [0.717, 1.165) is 11.1 Å². The van der Waals surface area contributed by atoms with E-state index >= 15 is 0 Å². The van der Waals surface area contributed by atoms with Crippen LogP contribution in [0.2, 0.25) is 0 Å². The van der Waals surface area contributed by atoms with Gasteiger partial charge in [0.05, 0.1) is 11.0 Å². The molecule has 0 saturated carbocycles. The number of para-hydroxylation sites is 2.